The van der Waals surface area contributed by atoms with Crippen molar-refractivity contribution in [1.82, 2.24) is 10.2 Å². The van der Waals surface area contributed by atoms with Crippen LogP contribution in [-0.4, -0.2) is 16.1 Å². The number of thiophene rings is 1. The van der Waals surface area contributed by atoms with Crippen LogP contribution in [0.3, 0.4) is 0 Å². The standard InChI is InChI=1S/C16H15N3O2S/c1-10-3-4-12(7-11(10)2)8-14(20)17-16-19-18-15(21-16)13-5-6-22-9-13/h3-7,9H,8H2,1-2H3,(H,17,19,20). The van der Waals surface area contributed by atoms with Gasteiger partial charge in [0.1, 0.15) is 0 Å². The summed E-state index contributed by atoms with van der Waals surface area (Å²) in [5, 5.41) is 14.2. The maximum absolute atomic E-state index is 12.0. The molecule has 3 rings (SSSR count). The fraction of sp³-hybridized carbons (Fsp3) is 0.188. The summed E-state index contributed by atoms with van der Waals surface area (Å²) >= 11 is 1.55. The molecule has 2 aromatic heterocycles. The summed E-state index contributed by atoms with van der Waals surface area (Å²) in [5.41, 5.74) is 4.19. The van der Waals surface area contributed by atoms with Crippen molar-refractivity contribution in [2.45, 2.75) is 20.3 Å². The first-order valence-corrected chi connectivity index (χ1v) is 7.78. The molecule has 22 heavy (non-hydrogen) atoms. The predicted molar refractivity (Wildman–Crippen MR) is 85.9 cm³/mol. The van der Waals surface area contributed by atoms with Gasteiger partial charge in [-0.05, 0) is 42.0 Å². The van der Waals surface area contributed by atoms with Crippen LogP contribution < -0.4 is 5.32 Å². The van der Waals surface area contributed by atoms with Gasteiger partial charge in [-0.1, -0.05) is 23.3 Å². The molecule has 1 N–H and O–H groups in total. The SMILES string of the molecule is Cc1ccc(CC(=O)Nc2nnc(-c3ccsc3)o2)cc1C. The van der Waals surface area contributed by atoms with Gasteiger partial charge in [0.2, 0.25) is 5.91 Å². The van der Waals surface area contributed by atoms with Crippen LogP contribution in [0, 0.1) is 13.8 Å². The van der Waals surface area contributed by atoms with Gasteiger partial charge in [-0.25, -0.2) is 0 Å². The molecule has 2 heterocycles. The Labute approximate surface area is 132 Å². The van der Waals surface area contributed by atoms with Gasteiger partial charge < -0.3 is 4.42 Å². The molecule has 0 bridgehead atoms. The molecule has 0 aliphatic carbocycles. The maximum atomic E-state index is 12.0. The van der Waals surface area contributed by atoms with E-state index in [1.807, 2.05) is 48.9 Å². The van der Waals surface area contributed by atoms with E-state index >= 15 is 0 Å². The minimum Gasteiger partial charge on any atom is -0.403 e. The Morgan fingerprint density at radius 2 is 2.09 bits per heavy atom. The molecule has 0 radical (unpaired) electrons. The highest BCUT2D eigenvalue weighted by atomic mass is 32.1. The van der Waals surface area contributed by atoms with E-state index in [0.717, 1.165) is 11.1 Å². The number of carbonyl (C=O) groups excluding carboxylic acids is 1. The van der Waals surface area contributed by atoms with Crippen LogP contribution in [0.1, 0.15) is 16.7 Å². The van der Waals surface area contributed by atoms with Crippen molar-refractivity contribution in [2.75, 3.05) is 5.32 Å². The number of hydrogen-bond donors (Lipinski definition) is 1. The lowest BCUT2D eigenvalue weighted by atomic mass is 10.0. The number of hydrogen-bond acceptors (Lipinski definition) is 5. The fourth-order valence-corrected chi connectivity index (χ4v) is 2.67. The van der Waals surface area contributed by atoms with Crippen LogP contribution in [0.25, 0.3) is 11.5 Å². The van der Waals surface area contributed by atoms with Crippen LogP contribution >= 0.6 is 11.3 Å². The zero-order valence-electron chi connectivity index (χ0n) is 12.3. The first kappa shape index (κ1) is 14.5. The minimum atomic E-state index is -0.177. The molecular formula is C16H15N3O2S. The van der Waals surface area contributed by atoms with Crippen LogP contribution in [0.4, 0.5) is 6.01 Å². The molecule has 3 aromatic rings. The zero-order valence-corrected chi connectivity index (χ0v) is 13.1. The molecule has 0 aliphatic rings. The summed E-state index contributed by atoms with van der Waals surface area (Å²) in [7, 11) is 0. The third-order valence-electron chi connectivity index (χ3n) is 3.38. The molecule has 112 valence electrons. The van der Waals surface area contributed by atoms with Crippen molar-refractivity contribution >= 4 is 23.3 Å². The van der Waals surface area contributed by atoms with Crippen LogP contribution in [0.15, 0.2) is 39.4 Å². The summed E-state index contributed by atoms with van der Waals surface area (Å²) < 4.78 is 5.43. The second kappa shape index (κ2) is 6.11. The highest BCUT2D eigenvalue weighted by Crippen LogP contribution is 2.22. The van der Waals surface area contributed by atoms with Crippen molar-refractivity contribution in [1.29, 1.82) is 0 Å². The Bertz CT molecular complexity index is 794. The Morgan fingerprint density at radius 3 is 2.82 bits per heavy atom. The van der Waals surface area contributed by atoms with Gasteiger partial charge >= 0.3 is 6.01 Å². The van der Waals surface area contributed by atoms with Crippen LogP contribution in [-0.2, 0) is 11.2 Å². The first-order valence-electron chi connectivity index (χ1n) is 6.84. The van der Waals surface area contributed by atoms with E-state index in [-0.39, 0.29) is 18.3 Å². The van der Waals surface area contributed by atoms with E-state index in [4.69, 9.17) is 4.42 Å². The topological polar surface area (TPSA) is 68.0 Å². The van der Waals surface area contributed by atoms with Gasteiger partial charge in [-0.3, -0.25) is 10.1 Å². The Balaban J connectivity index is 1.65. The van der Waals surface area contributed by atoms with Crippen LogP contribution in [0.2, 0.25) is 0 Å². The van der Waals surface area contributed by atoms with E-state index < -0.39 is 0 Å². The summed E-state index contributed by atoms with van der Waals surface area (Å²) in [6.07, 6.45) is 0.275. The third kappa shape index (κ3) is 3.23. The van der Waals surface area contributed by atoms with E-state index in [9.17, 15) is 4.79 Å². The van der Waals surface area contributed by atoms with Crippen molar-refractivity contribution in [3.05, 3.63) is 51.7 Å². The lowest BCUT2D eigenvalue weighted by Gasteiger charge is -2.04. The largest absolute Gasteiger partial charge is 0.403 e. The predicted octanol–water partition coefficient (Wildman–Crippen LogP) is 3.60. The Kier molecular flexibility index (Phi) is 4.02. The molecule has 5 nitrogen and oxygen atoms in total. The number of amides is 1. The Morgan fingerprint density at radius 1 is 1.23 bits per heavy atom. The van der Waals surface area contributed by atoms with Crippen LogP contribution in [0.5, 0.6) is 0 Å². The van der Waals surface area contributed by atoms with Crippen molar-refractivity contribution < 1.29 is 9.21 Å². The van der Waals surface area contributed by atoms with Gasteiger partial charge in [-0.2, -0.15) is 11.3 Å². The maximum Gasteiger partial charge on any atom is 0.322 e. The summed E-state index contributed by atoms with van der Waals surface area (Å²) in [6.45, 7) is 4.07. The number of rotatable bonds is 4. The number of nitrogens with one attached hydrogen (secondary N) is 1. The highest BCUT2D eigenvalue weighted by molar-refractivity contribution is 7.08. The highest BCUT2D eigenvalue weighted by Gasteiger charge is 2.12. The molecule has 6 heteroatoms. The van der Waals surface area contributed by atoms with Gasteiger partial charge in [0, 0.05) is 10.9 Å². The molecule has 0 aliphatic heterocycles. The zero-order chi connectivity index (χ0) is 15.5. The molecular weight excluding hydrogens is 298 g/mol. The van der Waals surface area contributed by atoms with Crippen molar-refractivity contribution in [2.24, 2.45) is 0 Å². The summed E-state index contributed by atoms with van der Waals surface area (Å²) in [6, 6.07) is 7.99. The lowest BCUT2D eigenvalue weighted by molar-refractivity contribution is -0.115. The number of benzene rings is 1. The molecule has 0 fully saturated rings. The molecule has 0 unspecified atom stereocenters. The van der Waals surface area contributed by atoms with Crippen molar-refractivity contribution in [3.63, 3.8) is 0 Å². The summed E-state index contributed by atoms with van der Waals surface area (Å²) in [5.74, 6) is 0.228. The van der Waals surface area contributed by atoms with E-state index in [0.29, 0.717) is 5.89 Å². The number of carbonyl (C=O) groups is 1. The molecule has 0 saturated heterocycles. The average Bonchev–Trinajstić information content (AvgIpc) is 3.13. The minimum absolute atomic E-state index is 0.120. The number of anilines is 1. The molecule has 1 aromatic carbocycles. The second-order valence-corrected chi connectivity index (χ2v) is 5.85. The second-order valence-electron chi connectivity index (χ2n) is 5.07. The van der Waals surface area contributed by atoms with Gasteiger partial charge in [0.25, 0.3) is 5.89 Å². The first-order chi connectivity index (χ1) is 10.6. The normalized spacial score (nSPS) is 10.6. The molecule has 0 saturated carbocycles. The molecule has 0 atom stereocenters. The van der Waals surface area contributed by atoms with Crippen molar-refractivity contribution in [3.8, 4) is 11.5 Å². The Hall–Kier alpha value is -2.47. The summed E-state index contributed by atoms with van der Waals surface area (Å²) in [4.78, 5) is 12.0. The smallest absolute Gasteiger partial charge is 0.322 e. The number of aryl methyl sites for hydroxylation is 2. The average molecular weight is 313 g/mol. The number of aromatic nitrogens is 2. The van der Waals surface area contributed by atoms with E-state index in [2.05, 4.69) is 15.5 Å². The third-order valence-corrected chi connectivity index (χ3v) is 4.06. The quantitative estimate of drug-likeness (QED) is 0.799. The van der Waals surface area contributed by atoms with Gasteiger partial charge in [-0.15, -0.1) is 5.10 Å². The van der Waals surface area contributed by atoms with Gasteiger partial charge in [0.15, 0.2) is 0 Å². The lowest BCUT2D eigenvalue weighted by Crippen LogP contribution is -2.14. The molecule has 1 amide bonds. The molecule has 0 spiro atoms. The van der Waals surface area contributed by atoms with E-state index in [1.54, 1.807) is 11.3 Å². The van der Waals surface area contributed by atoms with E-state index in [1.165, 1.54) is 11.1 Å². The van der Waals surface area contributed by atoms with Gasteiger partial charge in [0.05, 0.1) is 6.42 Å². The fourth-order valence-electron chi connectivity index (χ4n) is 2.04. The monoisotopic (exact) mass is 313 g/mol. The number of nitrogens with zero attached hydrogens (tertiary/aromatic N) is 2.